The topological polar surface area (TPSA) is 62.4 Å². The van der Waals surface area contributed by atoms with Gasteiger partial charge in [0.1, 0.15) is 0 Å². The van der Waals surface area contributed by atoms with Crippen molar-refractivity contribution in [3.05, 3.63) is 35.7 Å². The number of aryl methyl sites for hydroxylation is 1. The zero-order chi connectivity index (χ0) is 14.7. The normalized spacial score (nSPS) is 19.8. The van der Waals surface area contributed by atoms with Gasteiger partial charge in [-0.25, -0.2) is 0 Å². The summed E-state index contributed by atoms with van der Waals surface area (Å²) in [6.07, 6.45) is 3.38. The second-order valence-corrected chi connectivity index (χ2v) is 5.68. The van der Waals surface area contributed by atoms with E-state index >= 15 is 0 Å². The number of aromatic nitrogens is 2. The maximum atomic E-state index is 9.44. The van der Waals surface area contributed by atoms with Gasteiger partial charge in [-0.3, -0.25) is 4.90 Å². The molecule has 1 atom stereocenters. The summed E-state index contributed by atoms with van der Waals surface area (Å²) in [4.78, 5) is 6.70. The van der Waals surface area contributed by atoms with E-state index in [0.29, 0.717) is 18.3 Å². The molecule has 3 rings (SSSR count). The lowest BCUT2D eigenvalue weighted by atomic mass is 10.0. The van der Waals surface area contributed by atoms with Gasteiger partial charge in [0.2, 0.25) is 11.7 Å². The van der Waals surface area contributed by atoms with Crippen molar-refractivity contribution in [1.29, 1.82) is 0 Å². The molecule has 2 heterocycles. The fraction of sp³-hybridized carbons (Fsp3) is 0.500. The molecular formula is C16H21N3O2. The summed E-state index contributed by atoms with van der Waals surface area (Å²) in [6.45, 7) is 3.84. The number of likely N-dealkylation sites (tertiary alicyclic amines) is 1. The van der Waals surface area contributed by atoms with Crippen LogP contribution in [0, 0.1) is 6.92 Å². The summed E-state index contributed by atoms with van der Waals surface area (Å²) in [7, 11) is 0. The lowest BCUT2D eigenvalue weighted by Gasteiger charge is -2.33. The van der Waals surface area contributed by atoms with Crippen molar-refractivity contribution < 1.29 is 9.63 Å². The molecule has 1 aromatic carbocycles. The summed E-state index contributed by atoms with van der Waals surface area (Å²) in [5, 5.41) is 13.5. The van der Waals surface area contributed by atoms with Crippen LogP contribution in [0.2, 0.25) is 0 Å². The largest absolute Gasteiger partial charge is 0.395 e. The first-order valence-electron chi connectivity index (χ1n) is 7.51. The van der Waals surface area contributed by atoms with Crippen LogP contribution in [0.1, 0.15) is 30.7 Å². The molecule has 1 aliphatic heterocycles. The fourth-order valence-corrected chi connectivity index (χ4v) is 2.79. The van der Waals surface area contributed by atoms with Gasteiger partial charge in [0.05, 0.1) is 13.2 Å². The van der Waals surface area contributed by atoms with E-state index in [1.54, 1.807) is 0 Å². The Hall–Kier alpha value is -1.72. The van der Waals surface area contributed by atoms with Gasteiger partial charge in [0.25, 0.3) is 0 Å². The molecule has 5 nitrogen and oxygen atoms in total. The minimum absolute atomic E-state index is 0.193. The SMILES string of the molecule is Cc1ccc(-c2noc(CN3CCCCC3CO)n2)cc1. The number of piperidine rings is 1. The van der Waals surface area contributed by atoms with Gasteiger partial charge in [0, 0.05) is 11.6 Å². The number of aliphatic hydroxyl groups excluding tert-OH is 1. The molecule has 0 bridgehead atoms. The Balaban J connectivity index is 1.71. The molecule has 1 aromatic heterocycles. The highest BCUT2D eigenvalue weighted by Crippen LogP contribution is 2.21. The van der Waals surface area contributed by atoms with Crippen LogP contribution in [-0.2, 0) is 6.54 Å². The van der Waals surface area contributed by atoms with Crippen LogP contribution < -0.4 is 0 Å². The van der Waals surface area contributed by atoms with Crippen molar-refractivity contribution in [1.82, 2.24) is 15.0 Å². The highest BCUT2D eigenvalue weighted by Gasteiger charge is 2.23. The predicted octanol–water partition coefficient (Wildman–Crippen LogP) is 2.39. The predicted molar refractivity (Wildman–Crippen MR) is 79.6 cm³/mol. The second-order valence-electron chi connectivity index (χ2n) is 5.68. The standard InChI is InChI=1S/C16H21N3O2/c1-12-5-7-13(8-6-12)16-17-15(21-18-16)10-19-9-3-2-4-14(19)11-20/h5-8,14,20H,2-4,9-11H2,1H3. The molecular weight excluding hydrogens is 266 g/mol. The number of hydrogen-bond acceptors (Lipinski definition) is 5. The molecule has 21 heavy (non-hydrogen) atoms. The third kappa shape index (κ3) is 3.31. The molecule has 0 saturated carbocycles. The van der Waals surface area contributed by atoms with Gasteiger partial charge in [-0.15, -0.1) is 0 Å². The number of benzene rings is 1. The zero-order valence-corrected chi connectivity index (χ0v) is 12.3. The van der Waals surface area contributed by atoms with Crippen LogP contribution in [0.4, 0.5) is 0 Å². The Morgan fingerprint density at radius 2 is 2.10 bits per heavy atom. The molecule has 0 aliphatic carbocycles. The monoisotopic (exact) mass is 287 g/mol. The van der Waals surface area contributed by atoms with E-state index in [2.05, 4.69) is 22.0 Å². The minimum Gasteiger partial charge on any atom is -0.395 e. The number of rotatable bonds is 4. The van der Waals surface area contributed by atoms with Crippen LogP contribution in [0.25, 0.3) is 11.4 Å². The van der Waals surface area contributed by atoms with E-state index in [1.807, 2.05) is 24.3 Å². The molecule has 1 unspecified atom stereocenters. The van der Waals surface area contributed by atoms with Crippen molar-refractivity contribution in [2.45, 2.75) is 38.8 Å². The number of nitrogens with zero attached hydrogens (tertiary/aromatic N) is 3. The van der Waals surface area contributed by atoms with E-state index in [0.717, 1.165) is 24.9 Å². The molecule has 2 aromatic rings. The summed E-state index contributed by atoms with van der Waals surface area (Å²) < 4.78 is 5.36. The van der Waals surface area contributed by atoms with Crippen molar-refractivity contribution in [2.75, 3.05) is 13.2 Å². The van der Waals surface area contributed by atoms with Gasteiger partial charge in [-0.2, -0.15) is 4.98 Å². The maximum Gasteiger partial charge on any atom is 0.241 e. The summed E-state index contributed by atoms with van der Waals surface area (Å²) in [5.41, 5.74) is 2.18. The van der Waals surface area contributed by atoms with Gasteiger partial charge in [-0.05, 0) is 26.3 Å². The average molecular weight is 287 g/mol. The van der Waals surface area contributed by atoms with E-state index in [-0.39, 0.29) is 12.6 Å². The first-order valence-corrected chi connectivity index (χ1v) is 7.51. The molecule has 0 radical (unpaired) electrons. The number of aliphatic hydroxyl groups is 1. The van der Waals surface area contributed by atoms with E-state index in [9.17, 15) is 5.11 Å². The van der Waals surface area contributed by atoms with Crippen LogP contribution in [-0.4, -0.2) is 39.3 Å². The Morgan fingerprint density at radius 1 is 1.29 bits per heavy atom. The molecule has 1 saturated heterocycles. The minimum atomic E-state index is 0.193. The molecule has 1 fully saturated rings. The smallest absolute Gasteiger partial charge is 0.241 e. The van der Waals surface area contributed by atoms with E-state index in [1.165, 1.54) is 12.0 Å². The zero-order valence-electron chi connectivity index (χ0n) is 12.3. The van der Waals surface area contributed by atoms with Crippen molar-refractivity contribution >= 4 is 0 Å². The fourth-order valence-electron chi connectivity index (χ4n) is 2.79. The summed E-state index contributed by atoms with van der Waals surface area (Å²) in [5.74, 6) is 1.24. The Bertz CT molecular complexity index is 579. The second kappa shape index (κ2) is 6.37. The van der Waals surface area contributed by atoms with Gasteiger partial charge >= 0.3 is 0 Å². The summed E-state index contributed by atoms with van der Waals surface area (Å²) >= 11 is 0. The van der Waals surface area contributed by atoms with Crippen LogP contribution in [0.5, 0.6) is 0 Å². The lowest BCUT2D eigenvalue weighted by Crippen LogP contribution is -2.41. The highest BCUT2D eigenvalue weighted by atomic mass is 16.5. The lowest BCUT2D eigenvalue weighted by molar-refractivity contribution is 0.0749. The van der Waals surface area contributed by atoms with Crippen LogP contribution in [0.3, 0.4) is 0 Å². The molecule has 0 spiro atoms. The van der Waals surface area contributed by atoms with Crippen LogP contribution in [0.15, 0.2) is 28.8 Å². The Labute approximate surface area is 124 Å². The third-order valence-corrected chi connectivity index (χ3v) is 4.08. The van der Waals surface area contributed by atoms with E-state index in [4.69, 9.17) is 4.52 Å². The first-order chi connectivity index (χ1) is 10.3. The molecule has 1 N–H and O–H groups in total. The van der Waals surface area contributed by atoms with E-state index < -0.39 is 0 Å². The molecule has 5 heteroatoms. The average Bonchev–Trinajstić information content (AvgIpc) is 2.97. The van der Waals surface area contributed by atoms with Gasteiger partial charge < -0.3 is 9.63 Å². The van der Waals surface area contributed by atoms with Crippen molar-refractivity contribution in [3.8, 4) is 11.4 Å². The van der Waals surface area contributed by atoms with Gasteiger partial charge in [0.15, 0.2) is 0 Å². The van der Waals surface area contributed by atoms with Crippen LogP contribution >= 0.6 is 0 Å². The summed E-state index contributed by atoms with van der Waals surface area (Å²) in [6, 6.07) is 8.30. The van der Waals surface area contributed by atoms with Gasteiger partial charge in [-0.1, -0.05) is 41.4 Å². The molecule has 1 aliphatic rings. The molecule has 112 valence electrons. The van der Waals surface area contributed by atoms with Crippen molar-refractivity contribution in [2.24, 2.45) is 0 Å². The highest BCUT2D eigenvalue weighted by molar-refractivity contribution is 5.54. The quantitative estimate of drug-likeness (QED) is 0.935. The number of hydrogen-bond donors (Lipinski definition) is 1. The first kappa shape index (κ1) is 14.2. The maximum absolute atomic E-state index is 9.44. The van der Waals surface area contributed by atoms with Crippen molar-refractivity contribution in [3.63, 3.8) is 0 Å². The Kier molecular flexibility index (Phi) is 4.31. The third-order valence-electron chi connectivity index (χ3n) is 4.08. The Morgan fingerprint density at radius 3 is 2.86 bits per heavy atom. The molecule has 0 amide bonds.